The lowest BCUT2D eigenvalue weighted by Gasteiger charge is -2.47. The Balaban J connectivity index is 1.55. The van der Waals surface area contributed by atoms with Crippen LogP contribution >= 0.6 is 0 Å². The minimum absolute atomic E-state index is 0.0941. The number of benzene rings is 1. The van der Waals surface area contributed by atoms with E-state index in [1.54, 1.807) is 36.6 Å². The van der Waals surface area contributed by atoms with Crippen molar-refractivity contribution in [2.45, 2.75) is 45.5 Å². The Morgan fingerprint density at radius 3 is 2.42 bits per heavy atom. The fraction of sp³-hybridized carbons (Fsp3) is 0.571. The molecule has 3 rings (SSSR count). The summed E-state index contributed by atoms with van der Waals surface area (Å²) in [6, 6.07) is 4.52. The molecule has 2 saturated heterocycles. The normalized spacial score (nSPS) is 17.8. The first-order chi connectivity index (χ1) is 14.3. The summed E-state index contributed by atoms with van der Waals surface area (Å²) < 4.78 is 45.2. The minimum atomic E-state index is -4.62. The molecular formula is C21H25F3N4O3. The molecule has 0 radical (unpaired) electrons. The molecule has 7 nitrogen and oxygen atoms in total. The van der Waals surface area contributed by atoms with E-state index in [9.17, 15) is 22.8 Å². The van der Waals surface area contributed by atoms with E-state index in [1.807, 2.05) is 0 Å². The van der Waals surface area contributed by atoms with Crippen molar-refractivity contribution in [3.8, 4) is 6.07 Å². The second-order valence-electron chi connectivity index (χ2n) is 9.15. The number of nitrogens with one attached hydrogen (secondary N) is 1. The topological polar surface area (TPSA) is 85.7 Å². The number of urea groups is 1. The van der Waals surface area contributed by atoms with Crippen LogP contribution in [-0.2, 0) is 17.5 Å². The van der Waals surface area contributed by atoms with Gasteiger partial charge in [0.25, 0.3) is 0 Å². The van der Waals surface area contributed by atoms with Crippen molar-refractivity contribution in [2.75, 3.05) is 26.2 Å². The average molecular weight is 438 g/mol. The first-order valence-electron chi connectivity index (χ1n) is 9.93. The smallest absolute Gasteiger partial charge is 0.416 e. The molecule has 1 N–H and O–H groups in total. The Kier molecular flexibility index (Phi) is 5.82. The molecule has 2 fully saturated rings. The van der Waals surface area contributed by atoms with Gasteiger partial charge in [0.2, 0.25) is 0 Å². The first kappa shape index (κ1) is 22.7. The van der Waals surface area contributed by atoms with Crippen molar-refractivity contribution in [1.29, 1.82) is 5.26 Å². The largest absolute Gasteiger partial charge is 0.444 e. The van der Waals surface area contributed by atoms with Crippen LogP contribution in [0, 0.1) is 16.7 Å². The summed E-state index contributed by atoms with van der Waals surface area (Å²) in [7, 11) is 0. The van der Waals surface area contributed by atoms with E-state index in [1.165, 1.54) is 12.1 Å². The lowest BCUT2D eigenvalue weighted by Crippen LogP contribution is -2.60. The summed E-state index contributed by atoms with van der Waals surface area (Å²) in [5, 5.41) is 11.4. The quantitative estimate of drug-likeness (QED) is 0.763. The van der Waals surface area contributed by atoms with Crippen LogP contribution in [0.4, 0.5) is 22.8 Å². The molecule has 2 heterocycles. The fourth-order valence-corrected chi connectivity index (χ4v) is 3.93. The molecule has 168 valence electrons. The van der Waals surface area contributed by atoms with Gasteiger partial charge in [-0.15, -0.1) is 0 Å². The maximum Gasteiger partial charge on any atom is 0.416 e. The van der Waals surface area contributed by atoms with E-state index in [0.717, 1.165) is 6.07 Å². The summed E-state index contributed by atoms with van der Waals surface area (Å²) in [6.07, 6.45) is -4.30. The van der Waals surface area contributed by atoms with Crippen molar-refractivity contribution in [2.24, 2.45) is 5.41 Å². The number of halogens is 3. The number of nitrogens with zero attached hydrogens (tertiary/aromatic N) is 3. The second-order valence-corrected chi connectivity index (χ2v) is 9.15. The molecule has 2 aliphatic rings. The second kappa shape index (κ2) is 7.94. The van der Waals surface area contributed by atoms with Gasteiger partial charge in [-0.2, -0.15) is 18.4 Å². The number of alkyl halides is 3. The molecule has 0 unspecified atom stereocenters. The van der Waals surface area contributed by atoms with Crippen molar-refractivity contribution in [3.05, 3.63) is 34.9 Å². The summed E-state index contributed by atoms with van der Waals surface area (Å²) in [4.78, 5) is 27.8. The third kappa shape index (κ3) is 5.21. The van der Waals surface area contributed by atoms with Gasteiger partial charge >= 0.3 is 18.3 Å². The Bertz CT molecular complexity index is 912. The van der Waals surface area contributed by atoms with Gasteiger partial charge < -0.3 is 19.9 Å². The number of amides is 3. The van der Waals surface area contributed by atoms with Gasteiger partial charge in [-0.25, -0.2) is 9.59 Å². The zero-order valence-corrected chi connectivity index (χ0v) is 17.7. The van der Waals surface area contributed by atoms with Crippen molar-refractivity contribution < 1.29 is 27.5 Å². The highest BCUT2D eigenvalue weighted by molar-refractivity contribution is 5.75. The third-order valence-corrected chi connectivity index (χ3v) is 5.40. The van der Waals surface area contributed by atoms with E-state index in [-0.39, 0.29) is 29.2 Å². The predicted octanol–water partition coefficient (Wildman–Crippen LogP) is 3.73. The van der Waals surface area contributed by atoms with Crippen LogP contribution in [-0.4, -0.2) is 53.7 Å². The van der Waals surface area contributed by atoms with Crippen LogP contribution in [0.15, 0.2) is 18.2 Å². The molecule has 0 saturated carbocycles. The van der Waals surface area contributed by atoms with Gasteiger partial charge in [0.05, 0.1) is 17.2 Å². The van der Waals surface area contributed by atoms with Crippen molar-refractivity contribution in [3.63, 3.8) is 0 Å². The highest BCUT2D eigenvalue weighted by atomic mass is 19.4. The number of nitriles is 1. The maximum absolute atomic E-state index is 13.3. The van der Waals surface area contributed by atoms with Gasteiger partial charge in [0.15, 0.2) is 0 Å². The molecule has 2 aliphatic heterocycles. The van der Waals surface area contributed by atoms with Crippen LogP contribution in [0.3, 0.4) is 0 Å². The summed E-state index contributed by atoms with van der Waals surface area (Å²) in [5.41, 5.74) is -1.91. The number of likely N-dealkylation sites (tertiary alicyclic amines) is 2. The molecule has 1 spiro atoms. The summed E-state index contributed by atoms with van der Waals surface area (Å²) >= 11 is 0. The first-order valence-corrected chi connectivity index (χ1v) is 9.93. The van der Waals surface area contributed by atoms with Crippen molar-refractivity contribution >= 4 is 12.1 Å². The van der Waals surface area contributed by atoms with Crippen LogP contribution < -0.4 is 5.32 Å². The molecule has 1 aromatic rings. The SMILES string of the molecule is CC(C)(C)OC(=O)N1CC2(CCN(C(=O)NCc3ccc(C#N)cc3C(F)(F)F)C2)C1. The van der Waals surface area contributed by atoms with Crippen molar-refractivity contribution in [1.82, 2.24) is 15.1 Å². The number of carbonyl (C=O) groups is 2. The fourth-order valence-electron chi connectivity index (χ4n) is 3.93. The van der Waals surface area contributed by atoms with E-state index in [4.69, 9.17) is 10.00 Å². The van der Waals surface area contributed by atoms with Gasteiger partial charge in [0.1, 0.15) is 5.60 Å². The Hall–Kier alpha value is -2.96. The highest BCUT2D eigenvalue weighted by Gasteiger charge is 2.51. The zero-order valence-electron chi connectivity index (χ0n) is 17.7. The molecule has 0 atom stereocenters. The number of rotatable bonds is 2. The standard InChI is InChI=1S/C21H25F3N4O3/c1-19(2,3)31-18(30)28-12-20(13-28)6-7-27(11-20)17(29)26-10-15-5-4-14(9-25)8-16(15)21(22,23)24/h4-5,8H,6-7,10-13H2,1-3H3,(H,26,29). The van der Waals surface area contributed by atoms with Crippen LogP contribution in [0.5, 0.6) is 0 Å². The van der Waals surface area contributed by atoms with E-state index >= 15 is 0 Å². The molecule has 0 bridgehead atoms. The number of hydrogen-bond acceptors (Lipinski definition) is 4. The Labute approximate surface area is 178 Å². The van der Waals surface area contributed by atoms with Crippen LogP contribution in [0.2, 0.25) is 0 Å². The molecule has 0 aliphatic carbocycles. The monoisotopic (exact) mass is 438 g/mol. The maximum atomic E-state index is 13.3. The predicted molar refractivity (Wildman–Crippen MR) is 105 cm³/mol. The lowest BCUT2D eigenvalue weighted by atomic mass is 9.79. The van der Waals surface area contributed by atoms with E-state index < -0.39 is 23.4 Å². The molecule has 10 heteroatoms. The number of carbonyl (C=O) groups excluding carboxylic acids is 2. The molecule has 1 aromatic carbocycles. The Morgan fingerprint density at radius 2 is 1.84 bits per heavy atom. The summed E-state index contributed by atoms with van der Waals surface area (Å²) in [5.74, 6) is 0. The highest BCUT2D eigenvalue weighted by Crippen LogP contribution is 2.40. The lowest BCUT2D eigenvalue weighted by molar-refractivity contribution is -0.138. The molecule has 3 amide bonds. The van der Waals surface area contributed by atoms with Gasteiger partial charge in [-0.1, -0.05) is 6.07 Å². The molecule has 0 aromatic heterocycles. The number of ether oxygens (including phenoxy) is 1. The third-order valence-electron chi connectivity index (χ3n) is 5.40. The Morgan fingerprint density at radius 1 is 1.19 bits per heavy atom. The van der Waals surface area contributed by atoms with Gasteiger partial charge in [-0.3, -0.25) is 0 Å². The zero-order chi connectivity index (χ0) is 23.0. The van der Waals surface area contributed by atoms with Gasteiger partial charge in [-0.05, 0) is 44.9 Å². The number of hydrogen-bond donors (Lipinski definition) is 1. The van der Waals surface area contributed by atoms with Crippen LogP contribution in [0.25, 0.3) is 0 Å². The summed E-state index contributed by atoms with van der Waals surface area (Å²) in [6.45, 7) is 6.94. The van der Waals surface area contributed by atoms with E-state index in [2.05, 4.69) is 5.32 Å². The van der Waals surface area contributed by atoms with Crippen LogP contribution in [0.1, 0.15) is 43.9 Å². The van der Waals surface area contributed by atoms with Gasteiger partial charge in [0, 0.05) is 38.1 Å². The van der Waals surface area contributed by atoms with E-state index in [0.29, 0.717) is 32.6 Å². The molecule has 31 heavy (non-hydrogen) atoms. The molecular weight excluding hydrogens is 413 g/mol. The average Bonchev–Trinajstić information content (AvgIpc) is 3.08. The minimum Gasteiger partial charge on any atom is -0.444 e.